The van der Waals surface area contributed by atoms with Crippen LogP contribution in [0.5, 0.6) is 0 Å². The molecule has 1 fully saturated rings. The van der Waals surface area contributed by atoms with Crippen molar-refractivity contribution < 1.29 is 4.39 Å². The van der Waals surface area contributed by atoms with Gasteiger partial charge in [0.15, 0.2) is 5.82 Å². The molecule has 1 aromatic heterocycles. The number of benzene rings is 1. The molecule has 0 atom stereocenters. The molecular formula is C28H41FN2. The van der Waals surface area contributed by atoms with E-state index in [0.717, 1.165) is 55.1 Å². The largest absolute Gasteiger partial charge is 0.236 e. The van der Waals surface area contributed by atoms with Gasteiger partial charge in [0, 0.05) is 18.0 Å². The number of unbranched alkanes of at least 4 members (excludes halogenated alkanes) is 4. The highest BCUT2D eigenvalue weighted by atomic mass is 19.1. The van der Waals surface area contributed by atoms with Gasteiger partial charge >= 0.3 is 0 Å². The third-order valence-electron chi connectivity index (χ3n) is 7.09. The lowest BCUT2D eigenvalue weighted by molar-refractivity contribution is 0.249. The van der Waals surface area contributed by atoms with E-state index < -0.39 is 0 Å². The van der Waals surface area contributed by atoms with E-state index in [1.807, 2.05) is 24.5 Å². The predicted octanol–water partition coefficient (Wildman–Crippen LogP) is 8.33. The van der Waals surface area contributed by atoms with Crippen molar-refractivity contribution in [1.29, 1.82) is 0 Å². The molecule has 1 aliphatic carbocycles. The zero-order valence-electron chi connectivity index (χ0n) is 19.7. The van der Waals surface area contributed by atoms with E-state index in [9.17, 15) is 4.39 Å². The Kier molecular flexibility index (Phi) is 9.96. The van der Waals surface area contributed by atoms with E-state index in [2.05, 4.69) is 23.8 Å². The fourth-order valence-corrected chi connectivity index (χ4v) is 4.95. The van der Waals surface area contributed by atoms with Gasteiger partial charge in [-0.25, -0.2) is 14.4 Å². The predicted molar refractivity (Wildman–Crippen MR) is 129 cm³/mol. The second kappa shape index (κ2) is 12.9. The molecule has 0 saturated heterocycles. The minimum atomic E-state index is -0.133. The summed E-state index contributed by atoms with van der Waals surface area (Å²) in [6.45, 7) is 4.46. The average Bonchev–Trinajstić information content (AvgIpc) is 2.80. The van der Waals surface area contributed by atoms with Gasteiger partial charge in [-0.1, -0.05) is 90.2 Å². The Labute approximate surface area is 189 Å². The van der Waals surface area contributed by atoms with Crippen molar-refractivity contribution in [1.82, 2.24) is 9.97 Å². The van der Waals surface area contributed by atoms with Crippen molar-refractivity contribution in [2.45, 2.75) is 104 Å². The fraction of sp³-hybridized carbons (Fsp3) is 0.643. The van der Waals surface area contributed by atoms with E-state index >= 15 is 0 Å². The maximum atomic E-state index is 14.4. The summed E-state index contributed by atoms with van der Waals surface area (Å²) in [4.78, 5) is 9.07. The molecule has 0 spiro atoms. The Morgan fingerprint density at radius 1 is 0.806 bits per heavy atom. The van der Waals surface area contributed by atoms with Crippen molar-refractivity contribution in [3.05, 3.63) is 47.5 Å². The van der Waals surface area contributed by atoms with E-state index in [1.54, 1.807) is 6.07 Å². The highest BCUT2D eigenvalue weighted by Crippen LogP contribution is 2.34. The lowest BCUT2D eigenvalue weighted by Crippen LogP contribution is -2.15. The van der Waals surface area contributed by atoms with E-state index in [4.69, 9.17) is 0 Å². The summed E-state index contributed by atoms with van der Waals surface area (Å²) >= 11 is 0. The van der Waals surface area contributed by atoms with Crippen LogP contribution in [0.15, 0.2) is 30.6 Å². The fourth-order valence-electron chi connectivity index (χ4n) is 4.95. The summed E-state index contributed by atoms with van der Waals surface area (Å²) in [7, 11) is 0. The van der Waals surface area contributed by atoms with Gasteiger partial charge in [0.25, 0.3) is 0 Å². The SMILES string of the molecule is CCCCCc1ccc(-c2ncc(CCC3CCC(CCCCC)CC3)cn2)cc1F. The number of hydrogen-bond acceptors (Lipinski definition) is 2. The summed E-state index contributed by atoms with van der Waals surface area (Å²) in [6, 6.07) is 5.45. The molecule has 2 aromatic rings. The van der Waals surface area contributed by atoms with Crippen LogP contribution in [0.25, 0.3) is 11.4 Å². The molecule has 0 bridgehead atoms. The summed E-state index contributed by atoms with van der Waals surface area (Å²) in [6.07, 6.45) is 21.5. The summed E-state index contributed by atoms with van der Waals surface area (Å²) in [5, 5.41) is 0. The standard InChI is InChI=1S/C28H41FN2/c1-3-5-7-9-22-11-13-23(14-12-22)15-16-24-20-30-28(31-21-24)26-18-17-25(27(29)19-26)10-8-6-4-2/h17-23H,3-16H2,1-2H3. The first-order chi connectivity index (χ1) is 15.2. The van der Waals surface area contributed by atoms with Crippen LogP contribution in [-0.2, 0) is 12.8 Å². The maximum Gasteiger partial charge on any atom is 0.159 e. The molecule has 1 aromatic carbocycles. The molecule has 0 unspecified atom stereocenters. The highest BCUT2D eigenvalue weighted by molar-refractivity contribution is 5.55. The zero-order chi connectivity index (χ0) is 21.9. The molecule has 170 valence electrons. The van der Waals surface area contributed by atoms with Crippen LogP contribution in [-0.4, -0.2) is 9.97 Å². The number of hydrogen-bond donors (Lipinski definition) is 0. The van der Waals surface area contributed by atoms with Gasteiger partial charge < -0.3 is 0 Å². The molecule has 0 N–H and O–H groups in total. The van der Waals surface area contributed by atoms with Gasteiger partial charge in [-0.2, -0.15) is 0 Å². The Balaban J connectivity index is 1.45. The molecule has 31 heavy (non-hydrogen) atoms. The van der Waals surface area contributed by atoms with Crippen molar-refractivity contribution in [2.24, 2.45) is 11.8 Å². The first kappa shape index (κ1) is 23.9. The number of halogens is 1. The van der Waals surface area contributed by atoms with Crippen LogP contribution in [0, 0.1) is 17.7 Å². The van der Waals surface area contributed by atoms with Gasteiger partial charge in [-0.3, -0.25) is 0 Å². The highest BCUT2D eigenvalue weighted by Gasteiger charge is 2.20. The number of aryl methyl sites for hydroxylation is 2. The van der Waals surface area contributed by atoms with Gasteiger partial charge in [0.2, 0.25) is 0 Å². The average molecular weight is 425 g/mol. The second-order valence-electron chi connectivity index (χ2n) is 9.60. The molecule has 3 heteroatoms. The maximum absolute atomic E-state index is 14.4. The first-order valence-electron chi connectivity index (χ1n) is 12.8. The van der Waals surface area contributed by atoms with Gasteiger partial charge in [-0.05, 0) is 54.7 Å². The van der Waals surface area contributed by atoms with Crippen LogP contribution in [0.3, 0.4) is 0 Å². The van der Waals surface area contributed by atoms with Gasteiger partial charge in [-0.15, -0.1) is 0 Å². The zero-order valence-corrected chi connectivity index (χ0v) is 19.7. The quantitative estimate of drug-likeness (QED) is 0.320. The third kappa shape index (κ3) is 7.70. The van der Waals surface area contributed by atoms with Crippen molar-refractivity contribution in [3.8, 4) is 11.4 Å². The number of aromatic nitrogens is 2. The number of rotatable bonds is 12. The van der Waals surface area contributed by atoms with Crippen LogP contribution in [0.2, 0.25) is 0 Å². The molecule has 0 aliphatic heterocycles. The molecule has 1 aliphatic rings. The smallest absolute Gasteiger partial charge is 0.159 e. The minimum Gasteiger partial charge on any atom is -0.236 e. The normalized spacial score (nSPS) is 18.9. The first-order valence-corrected chi connectivity index (χ1v) is 12.8. The van der Waals surface area contributed by atoms with Crippen molar-refractivity contribution in [2.75, 3.05) is 0 Å². The van der Waals surface area contributed by atoms with Crippen LogP contribution >= 0.6 is 0 Å². The molecule has 2 nitrogen and oxygen atoms in total. The number of nitrogens with zero attached hydrogens (tertiary/aromatic N) is 2. The Hall–Kier alpha value is -1.77. The van der Waals surface area contributed by atoms with Crippen LogP contribution in [0.1, 0.15) is 102 Å². The van der Waals surface area contributed by atoms with E-state index in [0.29, 0.717) is 5.82 Å². The van der Waals surface area contributed by atoms with Crippen molar-refractivity contribution >= 4 is 0 Å². The van der Waals surface area contributed by atoms with Crippen LogP contribution in [0.4, 0.5) is 4.39 Å². The summed E-state index contributed by atoms with van der Waals surface area (Å²) in [5.74, 6) is 2.32. The molecule has 1 heterocycles. The van der Waals surface area contributed by atoms with E-state index in [1.165, 1.54) is 63.4 Å². The Morgan fingerprint density at radius 3 is 2.10 bits per heavy atom. The monoisotopic (exact) mass is 424 g/mol. The van der Waals surface area contributed by atoms with Gasteiger partial charge in [0.1, 0.15) is 5.82 Å². The minimum absolute atomic E-state index is 0.133. The second-order valence-corrected chi connectivity index (χ2v) is 9.60. The van der Waals surface area contributed by atoms with Crippen LogP contribution < -0.4 is 0 Å². The Morgan fingerprint density at radius 2 is 1.45 bits per heavy atom. The lowest BCUT2D eigenvalue weighted by atomic mass is 9.78. The molecule has 1 saturated carbocycles. The third-order valence-corrected chi connectivity index (χ3v) is 7.09. The molecule has 3 rings (SSSR count). The molecular weight excluding hydrogens is 383 g/mol. The summed E-state index contributed by atoms with van der Waals surface area (Å²) < 4.78 is 14.4. The molecule has 0 amide bonds. The van der Waals surface area contributed by atoms with Crippen molar-refractivity contribution in [3.63, 3.8) is 0 Å². The Bertz CT molecular complexity index is 763. The summed E-state index contributed by atoms with van der Waals surface area (Å²) in [5.41, 5.74) is 2.77. The van der Waals surface area contributed by atoms with E-state index in [-0.39, 0.29) is 5.82 Å². The van der Waals surface area contributed by atoms with Gasteiger partial charge in [0.05, 0.1) is 0 Å². The molecule has 0 radical (unpaired) electrons. The topological polar surface area (TPSA) is 25.8 Å². The lowest BCUT2D eigenvalue weighted by Gasteiger charge is -2.28.